The summed E-state index contributed by atoms with van der Waals surface area (Å²) in [5, 5.41) is 0.493. The Hall–Kier alpha value is -2.48. The van der Waals surface area contributed by atoms with Crippen LogP contribution in [0.1, 0.15) is 12.8 Å². The van der Waals surface area contributed by atoms with Crippen LogP contribution in [0.4, 0.5) is 4.39 Å². The number of benzene rings is 1. The van der Waals surface area contributed by atoms with Gasteiger partial charge < -0.3 is 10.6 Å². The molecule has 2 N–H and O–H groups in total. The summed E-state index contributed by atoms with van der Waals surface area (Å²) in [4.78, 5) is 33.9. The smallest absolute Gasteiger partial charge is 0.233 e. The lowest BCUT2D eigenvalue weighted by Crippen LogP contribution is -2.42. The molecule has 0 radical (unpaired) electrons. The number of thioether (sulfide) groups is 1. The highest BCUT2D eigenvalue weighted by Crippen LogP contribution is 2.22. The average Bonchev–Trinajstić information content (AvgIpc) is 2.67. The van der Waals surface area contributed by atoms with Crippen molar-refractivity contribution >= 4 is 23.6 Å². The van der Waals surface area contributed by atoms with Gasteiger partial charge in [0.2, 0.25) is 11.8 Å². The summed E-state index contributed by atoms with van der Waals surface area (Å²) in [5.41, 5.74) is 6.78. The normalized spacial score (nSPS) is 15.0. The van der Waals surface area contributed by atoms with E-state index >= 15 is 0 Å². The molecule has 2 heterocycles. The number of nitrogens with zero attached hydrogens (tertiary/aromatic N) is 3. The van der Waals surface area contributed by atoms with Crippen molar-refractivity contribution < 1.29 is 14.0 Å². The zero-order valence-electron chi connectivity index (χ0n) is 14.1. The van der Waals surface area contributed by atoms with E-state index in [-0.39, 0.29) is 29.3 Å². The molecule has 2 aromatic rings. The van der Waals surface area contributed by atoms with Crippen molar-refractivity contribution in [2.24, 2.45) is 11.7 Å². The van der Waals surface area contributed by atoms with Crippen LogP contribution in [0.25, 0.3) is 11.3 Å². The molecule has 1 aromatic carbocycles. The summed E-state index contributed by atoms with van der Waals surface area (Å²) >= 11 is 1.26. The lowest BCUT2D eigenvalue weighted by Gasteiger charge is -2.30. The number of aromatic nitrogens is 2. The van der Waals surface area contributed by atoms with Crippen molar-refractivity contribution in [2.45, 2.75) is 18.0 Å². The zero-order chi connectivity index (χ0) is 18.5. The molecule has 1 saturated heterocycles. The van der Waals surface area contributed by atoms with Crippen molar-refractivity contribution in [1.29, 1.82) is 0 Å². The molecule has 136 valence electrons. The van der Waals surface area contributed by atoms with Gasteiger partial charge in [-0.05, 0) is 43.2 Å². The second-order valence-corrected chi connectivity index (χ2v) is 7.02. The van der Waals surface area contributed by atoms with Crippen molar-refractivity contribution in [1.82, 2.24) is 14.9 Å². The molecule has 1 aliphatic rings. The number of primary amides is 1. The van der Waals surface area contributed by atoms with E-state index in [1.54, 1.807) is 29.3 Å². The van der Waals surface area contributed by atoms with Gasteiger partial charge in [0.25, 0.3) is 0 Å². The monoisotopic (exact) mass is 374 g/mol. The fraction of sp³-hybridized carbons (Fsp3) is 0.333. The first kappa shape index (κ1) is 18.3. The Morgan fingerprint density at radius 2 is 1.88 bits per heavy atom. The summed E-state index contributed by atoms with van der Waals surface area (Å²) < 4.78 is 13.0. The molecule has 3 rings (SSSR count). The maximum Gasteiger partial charge on any atom is 0.233 e. The van der Waals surface area contributed by atoms with Gasteiger partial charge in [-0.2, -0.15) is 0 Å². The van der Waals surface area contributed by atoms with E-state index in [1.807, 2.05) is 0 Å². The van der Waals surface area contributed by atoms with E-state index < -0.39 is 0 Å². The molecular formula is C18H19FN4O2S. The van der Waals surface area contributed by atoms with Crippen LogP contribution in [0.2, 0.25) is 0 Å². The van der Waals surface area contributed by atoms with Gasteiger partial charge in [-0.3, -0.25) is 9.59 Å². The fourth-order valence-electron chi connectivity index (χ4n) is 2.82. The summed E-state index contributed by atoms with van der Waals surface area (Å²) in [6, 6.07) is 7.81. The Morgan fingerprint density at radius 1 is 1.19 bits per heavy atom. The Kier molecular flexibility index (Phi) is 5.82. The van der Waals surface area contributed by atoms with Crippen LogP contribution < -0.4 is 5.73 Å². The van der Waals surface area contributed by atoms with Crippen LogP contribution in [0.15, 0.2) is 41.7 Å². The maximum atomic E-state index is 13.0. The van der Waals surface area contributed by atoms with Gasteiger partial charge in [-0.1, -0.05) is 11.8 Å². The van der Waals surface area contributed by atoms with E-state index in [0.717, 1.165) is 5.56 Å². The first-order chi connectivity index (χ1) is 12.5. The van der Waals surface area contributed by atoms with Crippen molar-refractivity contribution in [3.05, 3.63) is 42.3 Å². The molecule has 0 spiro atoms. The number of nitrogens with two attached hydrogens (primary N) is 1. The molecule has 1 aromatic heterocycles. The Labute approximate surface area is 155 Å². The molecular weight excluding hydrogens is 355 g/mol. The van der Waals surface area contributed by atoms with E-state index in [2.05, 4.69) is 9.97 Å². The Bertz CT molecular complexity index is 792. The maximum absolute atomic E-state index is 13.0. The molecule has 0 unspecified atom stereocenters. The molecule has 0 bridgehead atoms. The van der Waals surface area contributed by atoms with E-state index in [9.17, 15) is 14.0 Å². The lowest BCUT2D eigenvalue weighted by molar-refractivity contribution is -0.132. The van der Waals surface area contributed by atoms with Gasteiger partial charge in [-0.25, -0.2) is 14.4 Å². The van der Waals surface area contributed by atoms with Crippen LogP contribution in [0.5, 0.6) is 0 Å². The number of carbonyl (C=O) groups is 2. The molecule has 0 saturated carbocycles. The summed E-state index contributed by atoms with van der Waals surface area (Å²) in [6.07, 6.45) is 2.85. The van der Waals surface area contributed by atoms with Gasteiger partial charge in [-0.15, -0.1) is 0 Å². The Balaban J connectivity index is 1.56. The third kappa shape index (κ3) is 4.57. The quantitative estimate of drug-likeness (QED) is 0.639. The molecule has 0 aliphatic carbocycles. The van der Waals surface area contributed by atoms with E-state index in [0.29, 0.717) is 36.8 Å². The lowest BCUT2D eigenvalue weighted by atomic mass is 9.96. The number of rotatable bonds is 5. The second-order valence-electron chi connectivity index (χ2n) is 6.08. The second kappa shape index (κ2) is 8.27. The minimum absolute atomic E-state index is 0.00583. The summed E-state index contributed by atoms with van der Waals surface area (Å²) in [5.74, 6) is -0.509. The molecule has 26 heavy (non-hydrogen) atoms. The van der Waals surface area contributed by atoms with Gasteiger partial charge in [0, 0.05) is 30.8 Å². The van der Waals surface area contributed by atoms with Crippen molar-refractivity contribution in [3.63, 3.8) is 0 Å². The van der Waals surface area contributed by atoms with Crippen LogP contribution in [0, 0.1) is 11.7 Å². The fourth-order valence-corrected chi connectivity index (χ4v) is 3.56. The van der Waals surface area contributed by atoms with Crippen molar-refractivity contribution in [2.75, 3.05) is 18.8 Å². The average molecular weight is 374 g/mol. The number of hydrogen-bond donors (Lipinski definition) is 1. The van der Waals surface area contributed by atoms with Gasteiger partial charge in [0.05, 0.1) is 11.4 Å². The first-order valence-corrected chi connectivity index (χ1v) is 9.30. The largest absolute Gasteiger partial charge is 0.369 e. The standard InChI is InChI=1S/C18H19FN4O2S/c19-14-3-1-12(2-4-14)15-5-8-21-18(22-15)26-11-16(24)23-9-6-13(7-10-23)17(20)25/h1-5,8,13H,6-7,9-11H2,(H2,20,25). The van der Waals surface area contributed by atoms with Crippen LogP contribution in [-0.4, -0.2) is 45.5 Å². The number of halogens is 1. The number of hydrogen-bond acceptors (Lipinski definition) is 5. The van der Waals surface area contributed by atoms with Crippen LogP contribution in [0.3, 0.4) is 0 Å². The van der Waals surface area contributed by atoms with Crippen LogP contribution in [-0.2, 0) is 9.59 Å². The summed E-state index contributed by atoms with van der Waals surface area (Å²) in [6.45, 7) is 1.09. The van der Waals surface area contributed by atoms with E-state index in [1.165, 1.54) is 23.9 Å². The third-order valence-electron chi connectivity index (χ3n) is 4.35. The van der Waals surface area contributed by atoms with Gasteiger partial charge in [0.1, 0.15) is 5.82 Å². The Morgan fingerprint density at radius 3 is 2.54 bits per heavy atom. The molecule has 1 aliphatic heterocycles. The van der Waals surface area contributed by atoms with Crippen molar-refractivity contribution in [3.8, 4) is 11.3 Å². The predicted octanol–water partition coefficient (Wildman–Crippen LogP) is 2.10. The molecule has 6 nitrogen and oxygen atoms in total. The molecule has 0 atom stereocenters. The molecule has 1 fully saturated rings. The topological polar surface area (TPSA) is 89.2 Å². The highest BCUT2D eigenvalue weighted by molar-refractivity contribution is 7.99. The number of carbonyl (C=O) groups excluding carboxylic acids is 2. The molecule has 2 amide bonds. The zero-order valence-corrected chi connectivity index (χ0v) is 14.9. The minimum atomic E-state index is -0.303. The highest BCUT2D eigenvalue weighted by atomic mass is 32.2. The van der Waals surface area contributed by atoms with Crippen LogP contribution >= 0.6 is 11.8 Å². The molecule has 8 heteroatoms. The minimum Gasteiger partial charge on any atom is -0.369 e. The van der Waals surface area contributed by atoms with Gasteiger partial charge in [0.15, 0.2) is 5.16 Å². The number of piperidine rings is 1. The van der Waals surface area contributed by atoms with E-state index in [4.69, 9.17) is 5.73 Å². The number of likely N-dealkylation sites (tertiary alicyclic amines) is 1. The SMILES string of the molecule is NC(=O)C1CCN(C(=O)CSc2nccc(-c3ccc(F)cc3)n2)CC1. The summed E-state index contributed by atoms with van der Waals surface area (Å²) in [7, 11) is 0. The highest BCUT2D eigenvalue weighted by Gasteiger charge is 2.25. The van der Waals surface area contributed by atoms with Gasteiger partial charge >= 0.3 is 0 Å². The predicted molar refractivity (Wildman–Crippen MR) is 96.6 cm³/mol. The number of amides is 2. The first-order valence-electron chi connectivity index (χ1n) is 8.32. The third-order valence-corrected chi connectivity index (χ3v) is 5.19.